The molecule has 0 N–H and O–H groups in total. The van der Waals surface area contributed by atoms with E-state index in [9.17, 15) is 9.59 Å². The number of likely N-dealkylation sites (tertiary alicyclic amines) is 1. The van der Waals surface area contributed by atoms with Gasteiger partial charge in [-0.15, -0.1) is 0 Å². The van der Waals surface area contributed by atoms with Crippen LogP contribution >= 0.6 is 0 Å². The van der Waals surface area contributed by atoms with Crippen molar-refractivity contribution in [2.24, 2.45) is 0 Å². The molecule has 0 bridgehead atoms. The molecule has 1 unspecified atom stereocenters. The average molecular weight is 449 g/mol. The Balaban J connectivity index is 1.68. The van der Waals surface area contributed by atoms with Crippen LogP contribution in [0.5, 0.6) is 5.88 Å². The zero-order valence-corrected chi connectivity index (χ0v) is 18.9. The number of methoxy groups -OCH3 is 1. The van der Waals surface area contributed by atoms with Crippen molar-refractivity contribution in [2.45, 2.75) is 38.6 Å². The van der Waals surface area contributed by atoms with Crippen molar-refractivity contribution in [3.05, 3.63) is 60.4 Å². The van der Waals surface area contributed by atoms with Crippen LogP contribution < -0.4 is 4.74 Å². The molecule has 0 spiro atoms. The lowest BCUT2D eigenvalue weighted by Crippen LogP contribution is -2.45. The minimum atomic E-state index is -0.276. The van der Waals surface area contributed by atoms with Crippen LogP contribution in [-0.2, 0) is 9.53 Å². The third-order valence-electron chi connectivity index (χ3n) is 5.77. The highest BCUT2D eigenvalue weighted by Gasteiger charge is 2.31. The molecular weight excluding hydrogens is 420 g/mol. The lowest BCUT2D eigenvalue weighted by Gasteiger charge is -2.34. The molecule has 1 aliphatic rings. The predicted octanol–water partition coefficient (Wildman–Crippen LogP) is 3.89. The van der Waals surface area contributed by atoms with Crippen LogP contribution in [0.3, 0.4) is 0 Å². The first-order chi connectivity index (χ1) is 16.1. The van der Waals surface area contributed by atoms with Gasteiger partial charge in [0.15, 0.2) is 5.69 Å². The topological polar surface area (TPSA) is 86.5 Å². The fraction of sp³-hybridized carbons (Fsp3) is 0.360. The van der Waals surface area contributed by atoms with Crippen LogP contribution in [0.4, 0.5) is 0 Å². The van der Waals surface area contributed by atoms with E-state index in [2.05, 4.69) is 10.1 Å². The molecule has 3 heterocycles. The zero-order valence-electron chi connectivity index (χ0n) is 18.9. The number of pyridine rings is 1. The van der Waals surface area contributed by atoms with Gasteiger partial charge in [0.05, 0.1) is 37.7 Å². The molecule has 2 aromatic heterocycles. The fourth-order valence-electron chi connectivity index (χ4n) is 4.16. The Kier molecular flexibility index (Phi) is 7.02. The Morgan fingerprint density at radius 2 is 1.94 bits per heavy atom. The van der Waals surface area contributed by atoms with Gasteiger partial charge in [0.2, 0.25) is 5.88 Å². The third-order valence-corrected chi connectivity index (χ3v) is 5.77. The minimum absolute atomic E-state index is 0.179. The molecule has 0 saturated carbocycles. The first kappa shape index (κ1) is 22.5. The minimum Gasteiger partial charge on any atom is -0.481 e. The summed E-state index contributed by atoms with van der Waals surface area (Å²) in [5.41, 5.74) is 2.77. The van der Waals surface area contributed by atoms with Crippen LogP contribution in [0.15, 0.2) is 54.7 Å². The Bertz CT molecular complexity index is 1100. The summed E-state index contributed by atoms with van der Waals surface area (Å²) in [5, 5.41) is 4.67. The van der Waals surface area contributed by atoms with Gasteiger partial charge in [-0.3, -0.25) is 9.59 Å². The standard InChI is InChI=1S/C25H28N4O4/c1-3-33-24(30)15-19-11-7-8-14-28(19)25(31)21-16-22(18-9-5-4-6-10-18)29(27-21)20-12-13-23(32-2)26-17-20/h4-6,9-10,12-13,16-17,19H,3,7-8,11,14-15H2,1-2H3. The van der Waals surface area contributed by atoms with Crippen molar-refractivity contribution in [2.75, 3.05) is 20.3 Å². The summed E-state index contributed by atoms with van der Waals surface area (Å²) in [5.74, 6) is 0.0435. The van der Waals surface area contributed by atoms with Gasteiger partial charge in [0.25, 0.3) is 5.91 Å². The summed E-state index contributed by atoms with van der Waals surface area (Å²) in [6, 6.07) is 15.0. The molecule has 172 valence electrons. The Hall–Kier alpha value is -3.68. The van der Waals surface area contributed by atoms with Crippen LogP contribution in [0.25, 0.3) is 16.9 Å². The van der Waals surface area contributed by atoms with Gasteiger partial charge in [0, 0.05) is 24.2 Å². The van der Waals surface area contributed by atoms with E-state index in [0.29, 0.717) is 24.7 Å². The molecule has 4 rings (SSSR count). The van der Waals surface area contributed by atoms with Crippen molar-refractivity contribution >= 4 is 11.9 Å². The second-order valence-electron chi connectivity index (χ2n) is 7.91. The van der Waals surface area contributed by atoms with E-state index in [4.69, 9.17) is 9.47 Å². The van der Waals surface area contributed by atoms with Crippen molar-refractivity contribution in [1.29, 1.82) is 0 Å². The van der Waals surface area contributed by atoms with Crippen LogP contribution in [0.1, 0.15) is 43.1 Å². The molecule has 33 heavy (non-hydrogen) atoms. The largest absolute Gasteiger partial charge is 0.481 e. The van der Waals surface area contributed by atoms with Crippen molar-refractivity contribution in [3.63, 3.8) is 0 Å². The Labute approximate surface area is 193 Å². The Morgan fingerprint density at radius 3 is 2.64 bits per heavy atom. The van der Waals surface area contributed by atoms with Gasteiger partial charge in [-0.1, -0.05) is 30.3 Å². The smallest absolute Gasteiger partial charge is 0.307 e. The highest BCUT2D eigenvalue weighted by Crippen LogP contribution is 2.27. The second-order valence-corrected chi connectivity index (χ2v) is 7.91. The number of nitrogens with zero attached hydrogens (tertiary/aromatic N) is 4. The molecule has 1 aromatic carbocycles. The summed E-state index contributed by atoms with van der Waals surface area (Å²) >= 11 is 0. The number of rotatable bonds is 7. The van der Waals surface area contributed by atoms with E-state index in [-0.39, 0.29) is 24.3 Å². The monoisotopic (exact) mass is 448 g/mol. The predicted molar refractivity (Wildman–Crippen MR) is 123 cm³/mol. The summed E-state index contributed by atoms with van der Waals surface area (Å²) in [4.78, 5) is 31.7. The first-order valence-corrected chi connectivity index (χ1v) is 11.2. The number of hydrogen-bond donors (Lipinski definition) is 0. The second kappa shape index (κ2) is 10.3. The number of amides is 1. The highest BCUT2D eigenvalue weighted by molar-refractivity contribution is 5.94. The normalized spacial score (nSPS) is 15.8. The number of aromatic nitrogens is 3. The van der Waals surface area contributed by atoms with E-state index in [1.54, 1.807) is 41.9 Å². The van der Waals surface area contributed by atoms with E-state index in [0.717, 1.165) is 36.2 Å². The lowest BCUT2D eigenvalue weighted by atomic mass is 9.99. The molecule has 1 atom stereocenters. The maximum atomic E-state index is 13.5. The quantitative estimate of drug-likeness (QED) is 0.510. The molecule has 8 nitrogen and oxygen atoms in total. The van der Waals surface area contributed by atoms with Crippen LogP contribution in [0.2, 0.25) is 0 Å². The first-order valence-electron chi connectivity index (χ1n) is 11.2. The zero-order chi connectivity index (χ0) is 23.2. The van der Waals surface area contributed by atoms with Gasteiger partial charge in [-0.05, 0) is 38.3 Å². The van der Waals surface area contributed by atoms with Crippen molar-refractivity contribution < 1.29 is 19.1 Å². The van der Waals surface area contributed by atoms with Gasteiger partial charge in [0.1, 0.15) is 0 Å². The molecule has 0 aliphatic carbocycles. The molecule has 1 fully saturated rings. The maximum Gasteiger partial charge on any atom is 0.307 e. The van der Waals surface area contributed by atoms with Crippen LogP contribution in [-0.4, -0.2) is 57.8 Å². The molecule has 8 heteroatoms. The number of piperidine rings is 1. The van der Waals surface area contributed by atoms with E-state index in [1.165, 1.54) is 0 Å². The molecule has 1 saturated heterocycles. The summed E-state index contributed by atoms with van der Waals surface area (Å²) in [7, 11) is 1.56. The van der Waals surface area contributed by atoms with E-state index in [1.807, 2.05) is 36.4 Å². The summed E-state index contributed by atoms with van der Waals surface area (Å²) in [6.45, 7) is 2.72. The number of carbonyl (C=O) groups is 2. The van der Waals surface area contributed by atoms with E-state index < -0.39 is 0 Å². The van der Waals surface area contributed by atoms with Crippen molar-refractivity contribution in [1.82, 2.24) is 19.7 Å². The number of hydrogen-bond acceptors (Lipinski definition) is 6. The fourth-order valence-corrected chi connectivity index (χ4v) is 4.16. The van der Waals surface area contributed by atoms with Crippen LogP contribution in [0, 0.1) is 0 Å². The summed E-state index contributed by atoms with van der Waals surface area (Å²) < 4.78 is 12.0. The molecule has 1 amide bonds. The van der Waals surface area contributed by atoms with Gasteiger partial charge in [-0.2, -0.15) is 5.10 Å². The SMILES string of the molecule is CCOC(=O)CC1CCCCN1C(=O)c1cc(-c2ccccc2)n(-c2ccc(OC)nc2)n1. The van der Waals surface area contributed by atoms with Gasteiger partial charge in [-0.25, -0.2) is 9.67 Å². The number of ether oxygens (including phenoxy) is 2. The number of carbonyl (C=O) groups excluding carboxylic acids is 2. The van der Waals surface area contributed by atoms with Gasteiger partial charge >= 0.3 is 5.97 Å². The molecular formula is C25H28N4O4. The van der Waals surface area contributed by atoms with Gasteiger partial charge < -0.3 is 14.4 Å². The number of esters is 1. The Morgan fingerprint density at radius 1 is 1.12 bits per heavy atom. The lowest BCUT2D eigenvalue weighted by molar-refractivity contribution is -0.144. The maximum absolute atomic E-state index is 13.5. The number of benzene rings is 1. The highest BCUT2D eigenvalue weighted by atomic mass is 16.5. The van der Waals surface area contributed by atoms with Crippen molar-refractivity contribution in [3.8, 4) is 22.8 Å². The third kappa shape index (κ3) is 5.05. The molecule has 0 radical (unpaired) electrons. The molecule has 1 aliphatic heterocycles. The average Bonchev–Trinajstić information content (AvgIpc) is 3.30. The summed E-state index contributed by atoms with van der Waals surface area (Å²) in [6.07, 6.45) is 4.53. The molecule has 3 aromatic rings. The van der Waals surface area contributed by atoms with E-state index >= 15 is 0 Å².